The van der Waals surface area contributed by atoms with Gasteiger partial charge in [0.2, 0.25) is 6.29 Å². The van der Waals surface area contributed by atoms with Crippen LogP contribution in [0.4, 0.5) is 0 Å². The van der Waals surface area contributed by atoms with Gasteiger partial charge in [-0.2, -0.15) is 0 Å². The first-order valence-corrected chi connectivity index (χ1v) is 10.1. The highest BCUT2D eigenvalue weighted by Gasteiger charge is 2.78. The summed E-state index contributed by atoms with van der Waals surface area (Å²) in [6.45, 7) is 6.14. The van der Waals surface area contributed by atoms with Gasteiger partial charge >= 0.3 is 5.97 Å². The smallest absolute Gasteiger partial charge is 0.315 e. The lowest BCUT2D eigenvalue weighted by atomic mass is 9.53. The van der Waals surface area contributed by atoms with Crippen LogP contribution in [0.1, 0.15) is 39.5 Å². The molecule has 8 atom stereocenters. The molecule has 148 valence electrons. The van der Waals surface area contributed by atoms with Crippen LogP contribution in [0.25, 0.3) is 0 Å². The van der Waals surface area contributed by atoms with Gasteiger partial charge in [0, 0.05) is 25.6 Å². The summed E-state index contributed by atoms with van der Waals surface area (Å²) in [5.74, 6) is 0.651. The predicted octanol–water partition coefficient (Wildman–Crippen LogP) is 0.645. The molecule has 0 aromatic heterocycles. The van der Waals surface area contributed by atoms with Gasteiger partial charge in [0.05, 0.1) is 19.7 Å². The first-order chi connectivity index (χ1) is 12.4. The maximum absolute atomic E-state index is 12.7. The van der Waals surface area contributed by atoms with E-state index in [1.165, 1.54) is 24.2 Å². The largest absolute Gasteiger partial charge is 0.462 e. The molecule has 2 aliphatic carbocycles. The lowest BCUT2D eigenvalue weighted by Crippen LogP contribution is -3.11. The average Bonchev–Trinajstić information content (AvgIpc) is 3.28. The molecule has 2 saturated carbocycles. The van der Waals surface area contributed by atoms with Crippen LogP contribution in [-0.2, 0) is 23.7 Å². The van der Waals surface area contributed by atoms with E-state index in [1.54, 1.807) is 14.2 Å². The van der Waals surface area contributed by atoms with Gasteiger partial charge in [-0.1, -0.05) is 20.3 Å². The van der Waals surface area contributed by atoms with Crippen molar-refractivity contribution in [2.75, 3.05) is 34.4 Å². The number of ether oxygens (including phenoxy) is 4. The van der Waals surface area contributed by atoms with Crippen LogP contribution in [0.5, 0.6) is 0 Å². The molecule has 0 amide bonds. The second-order valence-corrected chi connectivity index (χ2v) is 9.32. The van der Waals surface area contributed by atoms with Crippen molar-refractivity contribution >= 4 is 5.97 Å². The minimum absolute atomic E-state index is 0.0197. The highest BCUT2D eigenvalue weighted by atomic mass is 16.7. The van der Waals surface area contributed by atoms with Crippen LogP contribution in [0, 0.1) is 23.2 Å². The summed E-state index contributed by atoms with van der Waals surface area (Å²) < 4.78 is 23.0. The first kappa shape index (κ1) is 18.7. The number of carbonyl (C=O) groups excluding carboxylic acids is 1. The van der Waals surface area contributed by atoms with Gasteiger partial charge in [0.1, 0.15) is 24.2 Å². The molecule has 2 aliphatic heterocycles. The molecular weight excluding hydrogens is 334 g/mol. The van der Waals surface area contributed by atoms with Gasteiger partial charge in [-0.25, -0.2) is 0 Å². The Balaban J connectivity index is 1.51. The number of esters is 1. The predicted molar refractivity (Wildman–Crippen MR) is 94.6 cm³/mol. The second-order valence-electron chi connectivity index (χ2n) is 9.32. The lowest BCUT2D eigenvalue weighted by Gasteiger charge is -2.48. The van der Waals surface area contributed by atoms with Crippen LogP contribution in [-0.4, -0.2) is 64.4 Å². The van der Waals surface area contributed by atoms with E-state index in [0.29, 0.717) is 12.5 Å². The summed E-state index contributed by atoms with van der Waals surface area (Å²) >= 11 is 0. The molecule has 1 spiro atoms. The Morgan fingerprint density at radius 1 is 1.35 bits per heavy atom. The Bertz CT molecular complexity index is 566. The molecule has 4 aliphatic rings. The highest BCUT2D eigenvalue weighted by Crippen LogP contribution is 2.70. The SMILES string of the molecule is COC(C[NH+](C)C[C@@H]1C(=O)O[C@@H]2C[C@@]3(C)CCC[C@@H](C)[C@@]34O[C@H]4[C@H]12)OC. The number of carbonyl (C=O) groups is 1. The van der Waals surface area contributed by atoms with Crippen molar-refractivity contribution in [1.29, 1.82) is 0 Å². The van der Waals surface area contributed by atoms with Gasteiger partial charge in [-0.3, -0.25) is 4.79 Å². The van der Waals surface area contributed by atoms with Crippen molar-refractivity contribution in [1.82, 2.24) is 0 Å². The molecule has 4 fully saturated rings. The molecule has 2 saturated heterocycles. The Hall–Kier alpha value is -0.690. The molecule has 26 heavy (non-hydrogen) atoms. The Kier molecular flexibility index (Phi) is 4.62. The highest BCUT2D eigenvalue weighted by molar-refractivity contribution is 5.76. The fourth-order valence-corrected chi connectivity index (χ4v) is 6.47. The van der Waals surface area contributed by atoms with E-state index in [2.05, 4.69) is 20.9 Å². The molecule has 1 N–H and O–H groups in total. The van der Waals surface area contributed by atoms with Gasteiger partial charge in [0.15, 0.2) is 0 Å². The quantitative estimate of drug-likeness (QED) is 0.424. The minimum Gasteiger partial charge on any atom is -0.462 e. The van der Waals surface area contributed by atoms with E-state index in [-0.39, 0.29) is 47.3 Å². The molecule has 0 radical (unpaired) electrons. The molecule has 6 heteroatoms. The summed E-state index contributed by atoms with van der Waals surface area (Å²) in [4.78, 5) is 13.9. The maximum Gasteiger partial charge on any atom is 0.315 e. The Morgan fingerprint density at radius 2 is 2.08 bits per heavy atom. The van der Waals surface area contributed by atoms with Crippen molar-refractivity contribution in [2.24, 2.45) is 23.2 Å². The number of methoxy groups -OCH3 is 2. The first-order valence-electron chi connectivity index (χ1n) is 10.1. The van der Waals surface area contributed by atoms with Crippen LogP contribution < -0.4 is 4.90 Å². The van der Waals surface area contributed by atoms with E-state index < -0.39 is 0 Å². The third kappa shape index (κ3) is 2.56. The zero-order valence-electron chi connectivity index (χ0n) is 16.7. The second kappa shape index (κ2) is 6.43. The van der Waals surface area contributed by atoms with E-state index in [0.717, 1.165) is 13.0 Å². The number of epoxide rings is 1. The fraction of sp³-hybridized carbons (Fsp3) is 0.950. The molecule has 1 unspecified atom stereocenters. The van der Waals surface area contributed by atoms with E-state index in [4.69, 9.17) is 18.9 Å². The summed E-state index contributed by atoms with van der Waals surface area (Å²) in [6.07, 6.45) is 4.60. The van der Waals surface area contributed by atoms with Crippen LogP contribution in [0.15, 0.2) is 0 Å². The average molecular weight is 368 g/mol. The minimum atomic E-state index is -0.250. The van der Waals surface area contributed by atoms with E-state index >= 15 is 0 Å². The molecule has 2 heterocycles. The number of rotatable bonds is 6. The molecule has 4 rings (SSSR count). The third-order valence-electron chi connectivity index (χ3n) is 7.80. The normalized spacial score (nSPS) is 47.8. The standard InChI is InChI=1S/C20H33NO5/c1-12-7-6-8-19(2)9-14-16(17-20(12,19)26-17)13(18(22)25-14)10-21(3)11-15(23-4)24-5/h12-17H,6-11H2,1-5H3/p+1/t12-,13+,14-,16-,17+,19-,20+/m1/s1. The Labute approximate surface area is 156 Å². The molecule has 0 bridgehead atoms. The zero-order chi connectivity index (χ0) is 18.7. The Morgan fingerprint density at radius 3 is 2.77 bits per heavy atom. The van der Waals surface area contributed by atoms with Gasteiger partial charge < -0.3 is 23.8 Å². The summed E-state index contributed by atoms with van der Waals surface area (Å²) in [5, 5.41) is 0. The van der Waals surface area contributed by atoms with Crippen molar-refractivity contribution < 1.29 is 28.6 Å². The summed E-state index contributed by atoms with van der Waals surface area (Å²) in [7, 11) is 5.39. The molecule has 0 aromatic rings. The van der Waals surface area contributed by atoms with Crippen molar-refractivity contribution in [3.8, 4) is 0 Å². The van der Waals surface area contributed by atoms with Crippen molar-refractivity contribution in [3.05, 3.63) is 0 Å². The van der Waals surface area contributed by atoms with Gasteiger partial charge in [-0.15, -0.1) is 0 Å². The van der Waals surface area contributed by atoms with Crippen LogP contribution in [0.2, 0.25) is 0 Å². The van der Waals surface area contributed by atoms with E-state index in [9.17, 15) is 4.79 Å². The molecule has 6 nitrogen and oxygen atoms in total. The van der Waals surface area contributed by atoms with Crippen LogP contribution >= 0.6 is 0 Å². The number of hydrogen-bond donors (Lipinski definition) is 1. The lowest BCUT2D eigenvalue weighted by molar-refractivity contribution is -0.888. The maximum atomic E-state index is 12.7. The summed E-state index contributed by atoms with van der Waals surface area (Å²) in [6, 6.07) is 0. The number of quaternary nitrogens is 1. The van der Waals surface area contributed by atoms with Gasteiger partial charge in [-0.05, 0) is 25.2 Å². The van der Waals surface area contributed by atoms with Crippen molar-refractivity contribution in [3.63, 3.8) is 0 Å². The number of nitrogens with one attached hydrogen (secondary N) is 1. The monoisotopic (exact) mass is 368 g/mol. The van der Waals surface area contributed by atoms with E-state index in [1.807, 2.05) is 0 Å². The summed E-state index contributed by atoms with van der Waals surface area (Å²) in [5.41, 5.74) is 0.135. The van der Waals surface area contributed by atoms with Crippen molar-refractivity contribution in [2.45, 2.75) is 63.6 Å². The number of likely N-dealkylation sites (N-methyl/N-ethyl adjacent to an activating group) is 1. The van der Waals surface area contributed by atoms with Crippen LogP contribution in [0.3, 0.4) is 0 Å². The molecule has 0 aromatic carbocycles. The van der Waals surface area contributed by atoms with Gasteiger partial charge in [0.25, 0.3) is 0 Å². The molecular formula is C20H34NO5+. The number of fused-ring (bicyclic) bond motifs is 2. The number of hydrogen-bond acceptors (Lipinski definition) is 5. The topological polar surface area (TPSA) is 61.7 Å². The third-order valence-corrected chi connectivity index (χ3v) is 7.80. The fourth-order valence-electron chi connectivity index (χ4n) is 6.47. The zero-order valence-corrected chi connectivity index (χ0v) is 16.7.